The van der Waals surface area contributed by atoms with Crippen molar-refractivity contribution in [2.75, 3.05) is 0 Å². The molecule has 0 fully saturated rings. The van der Waals surface area contributed by atoms with Gasteiger partial charge in [-0.2, -0.15) is 5.48 Å². The summed E-state index contributed by atoms with van der Waals surface area (Å²) in [7, 11) is 0. The van der Waals surface area contributed by atoms with Crippen molar-refractivity contribution in [3.63, 3.8) is 0 Å². The summed E-state index contributed by atoms with van der Waals surface area (Å²) in [5.41, 5.74) is 4.30. The quantitative estimate of drug-likeness (QED) is 0.385. The van der Waals surface area contributed by atoms with E-state index in [4.69, 9.17) is 9.62 Å². The fraction of sp³-hybridized carbons (Fsp3) is 0.600. The summed E-state index contributed by atoms with van der Waals surface area (Å²) in [6, 6.07) is 8.16. The Bertz CT molecular complexity index is 576. The maximum absolute atomic E-state index is 9.03. The van der Waals surface area contributed by atoms with Crippen LogP contribution in [0.4, 0.5) is 0 Å². The third-order valence-electron chi connectivity index (χ3n) is 4.56. The number of unbranched alkanes of at least 4 members (excludes halogenated alkanes) is 7. The van der Waals surface area contributed by atoms with Crippen molar-refractivity contribution in [1.82, 2.24) is 5.48 Å². The molecule has 0 saturated heterocycles. The number of hydrogen-bond donors (Lipinski definition) is 2. The van der Waals surface area contributed by atoms with Gasteiger partial charge in [0.05, 0.1) is 6.04 Å². The van der Waals surface area contributed by atoms with Crippen LogP contribution < -0.4 is 5.48 Å². The topological polar surface area (TPSA) is 45.4 Å². The lowest BCUT2D eigenvalue weighted by Crippen LogP contribution is -2.12. The van der Waals surface area contributed by atoms with Crippen molar-refractivity contribution in [2.24, 2.45) is 0 Å². The van der Waals surface area contributed by atoms with Gasteiger partial charge >= 0.3 is 0 Å². The van der Waals surface area contributed by atoms with Gasteiger partial charge in [-0.25, -0.2) is 0 Å². The Morgan fingerprint density at radius 1 is 1.00 bits per heavy atom. The zero-order valence-electron chi connectivity index (χ0n) is 14.6. The Labute approximate surface area is 140 Å². The zero-order valence-corrected chi connectivity index (χ0v) is 14.6. The first-order chi connectivity index (χ1) is 11.2. The minimum atomic E-state index is -0.0644. The predicted molar refractivity (Wildman–Crippen MR) is 95.9 cm³/mol. The van der Waals surface area contributed by atoms with E-state index in [1.54, 1.807) is 0 Å². The highest BCUT2D eigenvalue weighted by atomic mass is 16.5. The van der Waals surface area contributed by atoms with E-state index < -0.39 is 0 Å². The SMILES string of the molecule is CCCCCCCCCCc1cc2cc(C(C)NO)ccc2o1. The molecular formula is C20H31NO2. The summed E-state index contributed by atoms with van der Waals surface area (Å²) < 4.78 is 5.91. The standard InChI is InChI=1S/C20H31NO2/c1-3-4-5-6-7-8-9-10-11-19-15-18-14-17(16(2)21-22)12-13-20(18)23-19/h12-16,21-22H,3-11H2,1-2H3. The Morgan fingerprint density at radius 3 is 2.39 bits per heavy atom. The van der Waals surface area contributed by atoms with Crippen molar-refractivity contribution >= 4 is 11.0 Å². The van der Waals surface area contributed by atoms with Crippen LogP contribution in [0.25, 0.3) is 11.0 Å². The number of hydrogen-bond acceptors (Lipinski definition) is 3. The average Bonchev–Trinajstić information content (AvgIpc) is 2.98. The van der Waals surface area contributed by atoms with Crippen molar-refractivity contribution in [3.8, 4) is 0 Å². The van der Waals surface area contributed by atoms with E-state index in [9.17, 15) is 0 Å². The number of hydroxylamine groups is 1. The van der Waals surface area contributed by atoms with Crippen LogP contribution in [0.15, 0.2) is 28.7 Å². The molecule has 1 unspecified atom stereocenters. The minimum Gasteiger partial charge on any atom is -0.461 e. The third kappa shape index (κ3) is 5.67. The van der Waals surface area contributed by atoms with Crippen LogP contribution in [-0.2, 0) is 6.42 Å². The molecule has 128 valence electrons. The predicted octanol–water partition coefficient (Wildman–Crippen LogP) is 6.16. The molecule has 3 heteroatoms. The van der Waals surface area contributed by atoms with Crippen LogP contribution in [0.2, 0.25) is 0 Å². The summed E-state index contributed by atoms with van der Waals surface area (Å²) >= 11 is 0. The van der Waals surface area contributed by atoms with Crippen LogP contribution in [0.5, 0.6) is 0 Å². The fourth-order valence-corrected chi connectivity index (χ4v) is 3.02. The van der Waals surface area contributed by atoms with Crippen molar-refractivity contribution in [3.05, 3.63) is 35.6 Å². The molecule has 23 heavy (non-hydrogen) atoms. The maximum atomic E-state index is 9.03. The molecular weight excluding hydrogens is 286 g/mol. The molecule has 0 aliphatic rings. The first kappa shape index (κ1) is 18.0. The first-order valence-electron chi connectivity index (χ1n) is 9.16. The lowest BCUT2D eigenvalue weighted by Gasteiger charge is -2.08. The Hall–Kier alpha value is -1.32. The normalized spacial score (nSPS) is 12.8. The fourth-order valence-electron chi connectivity index (χ4n) is 3.02. The van der Waals surface area contributed by atoms with E-state index in [2.05, 4.69) is 24.5 Å². The van der Waals surface area contributed by atoms with Crippen LogP contribution in [-0.4, -0.2) is 5.21 Å². The van der Waals surface area contributed by atoms with Crippen molar-refractivity contribution in [2.45, 2.75) is 77.7 Å². The molecule has 0 radical (unpaired) electrons. The Kier molecular flexibility index (Phi) is 7.63. The number of aryl methyl sites for hydroxylation is 1. The van der Waals surface area contributed by atoms with Crippen LogP contribution in [0, 0.1) is 0 Å². The number of furan rings is 1. The molecule has 0 saturated carbocycles. The second kappa shape index (κ2) is 9.74. The van der Waals surface area contributed by atoms with Gasteiger partial charge in [0.25, 0.3) is 0 Å². The lowest BCUT2D eigenvalue weighted by molar-refractivity contribution is 0.133. The molecule has 2 rings (SSSR count). The van der Waals surface area contributed by atoms with Gasteiger partial charge in [-0.05, 0) is 37.1 Å². The second-order valence-electron chi connectivity index (χ2n) is 6.59. The van der Waals surface area contributed by atoms with Gasteiger partial charge in [0.1, 0.15) is 11.3 Å². The highest BCUT2D eigenvalue weighted by Crippen LogP contribution is 2.24. The molecule has 0 amide bonds. The summed E-state index contributed by atoms with van der Waals surface area (Å²) in [5.74, 6) is 1.08. The monoisotopic (exact) mass is 317 g/mol. The summed E-state index contributed by atoms with van der Waals surface area (Å²) in [4.78, 5) is 0. The molecule has 1 aromatic carbocycles. The minimum absolute atomic E-state index is 0.0644. The van der Waals surface area contributed by atoms with Gasteiger partial charge in [-0.1, -0.05) is 57.9 Å². The largest absolute Gasteiger partial charge is 0.461 e. The molecule has 0 aliphatic carbocycles. The number of benzene rings is 1. The van der Waals surface area contributed by atoms with Crippen LogP contribution >= 0.6 is 0 Å². The van der Waals surface area contributed by atoms with E-state index in [0.717, 1.165) is 28.7 Å². The van der Waals surface area contributed by atoms with Gasteiger partial charge in [0.2, 0.25) is 0 Å². The average molecular weight is 317 g/mol. The zero-order chi connectivity index (χ0) is 16.5. The lowest BCUT2D eigenvalue weighted by atomic mass is 10.1. The highest BCUT2D eigenvalue weighted by molar-refractivity contribution is 5.78. The molecule has 2 aromatic rings. The number of nitrogens with one attached hydrogen (secondary N) is 1. The van der Waals surface area contributed by atoms with E-state index in [0.29, 0.717) is 0 Å². The summed E-state index contributed by atoms with van der Waals surface area (Å²) in [5, 5.41) is 10.2. The molecule has 0 spiro atoms. The maximum Gasteiger partial charge on any atom is 0.134 e. The van der Waals surface area contributed by atoms with E-state index in [1.807, 2.05) is 19.1 Å². The Balaban J connectivity index is 1.75. The summed E-state index contributed by atoms with van der Waals surface area (Å²) in [6.45, 7) is 4.19. The molecule has 2 N–H and O–H groups in total. The van der Waals surface area contributed by atoms with Crippen molar-refractivity contribution < 1.29 is 9.62 Å². The third-order valence-corrected chi connectivity index (χ3v) is 4.56. The van der Waals surface area contributed by atoms with Gasteiger partial charge < -0.3 is 9.62 Å². The highest BCUT2D eigenvalue weighted by Gasteiger charge is 2.08. The smallest absolute Gasteiger partial charge is 0.134 e. The summed E-state index contributed by atoms with van der Waals surface area (Å²) in [6.07, 6.45) is 11.7. The van der Waals surface area contributed by atoms with Gasteiger partial charge in [-0.3, -0.25) is 0 Å². The number of rotatable bonds is 11. The molecule has 1 heterocycles. The van der Waals surface area contributed by atoms with E-state index in [1.165, 1.54) is 51.4 Å². The van der Waals surface area contributed by atoms with Crippen LogP contribution in [0.3, 0.4) is 0 Å². The molecule has 1 atom stereocenters. The molecule has 0 aliphatic heterocycles. The van der Waals surface area contributed by atoms with Crippen LogP contribution in [0.1, 0.15) is 82.6 Å². The van der Waals surface area contributed by atoms with Crippen molar-refractivity contribution in [1.29, 1.82) is 0 Å². The number of fused-ring (bicyclic) bond motifs is 1. The first-order valence-corrected chi connectivity index (χ1v) is 9.16. The second-order valence-corrected chi connectivity index (χ2v) is 6.59. The van der Waals surface area contributed by atoms with E-state index >= 15 is 0 Å². The van der Waals surface area contributed by atoms with Gasteiger partial charge in [-0.15, -0.1) is 0 Å². The Morgan fingerprint density at radius 2 is 1.70 bits per heavy atom. The van der Waals surface area contributed by atoms with Gasteiger partial charge in [0, 0.05) is 11.8 Å². The molecule has 0 bridgehead atoms. The van der Waals surface area contributed by atoms with E-state index in [-0.39, 0.29) is 6.04 Å². The van der Waals surface area contributed by atoms with Gasteiger partial charge in [0.15, 0.2) is 0 Å². The molecule has 1 aromatic heterocycles. The molecule has 3 nitrogen and oxygen atoms in total.